The molecule has 2 aliphatic rings. The number of rotatable bonds is 6. The maximum Gasteiger partial charge on any atom is 0.191 e. The van der Waals surface area contributed by atoms with Crippen LogP contribution in [0.2, 0.25) is 0 Å². The predicted molar refractivity (Wildman–Crippen MR) is 113 cm³/mol. The lowest BCUT2D eigenvalue weighted by atomic mass is 9.93. The number of aliphatic imine (C=N–C) groups is 1. The molecule has 6 heteroatoms. The summed E-state index contributed by atoms with van der Waals surface area (Å²) >= 11 is 0. The second-order valence-corrected chi connectivity index (χ2v) is 8.08. The molecule has 3 rings (SSSR count). The highest BCUT2D eigenvalue weighted by Crippen LogP contribution is 2.18. The fourth-order valence-electron chi connectivity index (χ4n) is 4.02. The molecule has 1 aromatic carbocycles. The van der Waals surface area contributed by atoms with Gasteiger partial charge in [0.15, 0.2) is 5.96 Å². The van der Waals surface area contributed by atoms with Gasteiger partial charge in [0.25, 0.3) is 0 Å². The number of guanidine groups is 1. The normalized spacial score (nSPS) is 26.8. The number of hydrogen-bond donors (Lipinski definition) is 3. The molecule has 1 saturated heterocycles. The third kappa shape index (κ3) is 6.76. The molecule has 0 spiro atoms. The minimum atomic E-state index is -0.130. The summed E-state index contributed by atoms with van der Waals surface area (Å²) in [6, 6.07) is 9.15. The molecule has 0 radical (unpaired) electrons. The summed E-state index contributed by atoms with van der Waals surface area (Å²) in [4.78, 5) is 7.25. The maximum absolute atomic E-state index is 9.69. The van der Waals surface area contributed by atoms with Crippen molar-refractivity contribution in [1.29, 1.82) is 0 Å². The topological polar surface area (TPSA) is 69.1 Å². The highest BCUT2D eigenvalue weighted by Gasteiger charge is 2.20. The monoisotopic (exact) mass is 388 g/mol. The van der Waals surface area contributed by atoms with Crippen molar-refractivity contribution in [3.8, 4) is 0 Å². The van der Waals surface area contributed by atoms with Gasteiger partial charge in [-0.3, -0.25) is 4.90 Å². The number of morpholine rings is 1. The second kappa shape index (κ2) is 10.8. The standard InChI is InChI=1S/C22H36N4O2/c1-3-23-22(25-20-7-9-21(27)10-8-20)24-14-18-5-4-6-19(13-18)16-26-11-12-28-17(2)15-26/h4-6,13,17,20-21,27H,3,7-12,14-16H2,1-2H3,(H2,23,24,25). The molecule has 1 saturated carbocycles. The third-order valence-corrected chi connectivity index (χ3v) is 5.52. The summed E-state index contributed by atoms with van der Waals surface area (Å²) in [6.45, 7) is 9.51. The minimum Gasteiger partial charge on any atom is -0.393 e. The number of benzene rings is 1. The Labute approximate surface area is 169 Å². The van der Waals surface area contributed by atoms with Crippen molar-refractivity contribution >= 4 is 5.96 Å². The maximum atomic E-state index is 9.69. The first-order valence-electron chi connectivity index (χ1n) is 10.8. The molecule has 1 unspecified atom stereocenters. The van der Waals surface area contributed by atoms with E-state index in [0.717, 1.165) is 64.4 Å². The number of aliphatic hydroxyl groups excluding tert-OH is 1. The van der Waals surface area contributed by atoms with Crippen LogP contribution in [0.4, 0.5) is 0 Å². The zero-order valence-electron chi connectivity index (χ0n) is 17.4. The molecule has 0 aromatic heterocycles. The van der Waals surface area contributed by atoms with Crippen LogP contribution in [-0.4, -0.2) is 60.5 Å². The number of ether oxygens (including phenoxy) is 1. The molecule has 156 valence electrons. The van der Waals surface area contributed by atoms with Gasteiger partial charge in [0.1, 0.15) is 0 Å². The first kappa shape index (κ1) is 21.1. The van der Waals surface area contributed by atoms with Crippen LogP contribution in [0.5, 0.6) is 0 Å². The molecule has 1 atom stereocenters. The van der Waals surface area contributed by atoms with E-state index < -0.39 is 0 Å². The van der Waals surface area contributed by atoms with Crippen LogP contribution in [0.25, 0.3) is 0 Å². The summed E-state index contributed by atoms with van der Waals surface area (Å²) in [5, 5.41) is 16.6. The van der Waals surface area contributed by atoms with Crippen LogP contribution < -0.4 is 10.6 Å². The predicted octanol–water partition coefficient (Wildman–Crippen LogP) is 2.27. The van der Waals surface area contributed by atoms with Gasteiger partial charge in [0.05, 0.1) is 25.4 Å². The molecule has 3 N–H and O–H groups in total. The van der Waals surface area contributed by atoms with Gasteiger partial charge in [-0.1, -0.05) is 24.3 Å². The van der Waals surface area contributed by atoms with Gasteiger partial charge < -0.3 is 20.5 Å². The fourth-order valence-corrected chi connectivity index (χ4v) is 4.02. The Kier molecular flexibility index (Phi) is 8.13. The first-order valence-corrected chi connectivity index (χ1v) is 10.8. The molecule has 2 fully saturated rings. The smallest absolute Gasteiger partial charge is 0.191 e. The number of nitrogens with one attached hydrogen (secondary N) is 2. The first-order chi connectivity index (χ1) is 13.6. The summed E-state index contributed by atoms with van der Waals surface area (Å²) in [5.74, 6) is 0.872. The quantitative estimate of drug-likeness (QED) is 0.515. The van der Waals surface area contributed by atoms with Crippen molar-refractivity contribution in [3.63, 3.8) is 0 Å². The van der Waals surface area contributed by atoms with Crippen molar-refractivity contribution < 1.29 is 9.84 Å². The van der Waals surface area contributed by atoms with Crippen molar-refractivity contribution in [3.05, 3.63) is 35.4 Å². The molecular weight excluding hydrogens is 352 g/mol. The zero-order chi connectivity index (χ0) is 19.8. The molecule has 6 nitrogen and oxygen atoms in total. The Hall–Kier alpha value is -1.63. The van der Waals surface area contributed by atoms with Crippen molar-refractivity contribution in [2.75, 3.05) is 26.2 Å². The Morgan fingerprint density at radius 2 is 2.04 bits per heavy atom. The molecule has 1 aromatic rings. The average Bonchev–Trinajstić information content (AvgIpc) is 2.68. The highest BCUT2D eigenvalue weighted by molar-refractivity contribution is 5.80. The lowest BCUT2D eigenvalue weighted by molar-refractivity contribution is -0.0212. The van der Waals surface area contributed by atoms with E-state index in [4.69, 9.17) is 9.73 Å². The Morgan fingerprint density at radius 1 is 1.25 bits per heavy atom. The van der Waals surface area contributed by atoms with Gasteiger partial charge in [0.2, 0.25) is 0 Å². The summed E-state index contributed by atoms with van der Waals surface area (Å²) in [6.07, 6.45) is 3.93. The summed E-state index contributed by atoms with van der Waals surface area (Å²) in [5.41, 5.74) is 2.57. The third-order valence-electron chi connectivity index (χ3n) is 5.52. The molecule has 1 aliphatic carbocycles. The van der Waals surface area contributed by atoms with Crippen molar-refractivity contribution in [1.82, 2.24) is 15.5 Å². The Morgan fingerprint density at radius 3 is 2.79 bits per heavy atom. The van der Waals surface area contributed by atoms with E-state index in [2.05, 4.69) is 53.6 Å². The van der Waals surface area contributed by atoms with Crippen LogP contribution in [0, 0.1) is 0 Å². The van der Waals surface area contributed by atoms with Gasteiger partial charge >= 0.3 is 0 Å². The second-order valence-electron chi connectivity index (χ2n) is 8.08. The molecule has 28 heavy (non-hydrogen) atoms. The summed E-state index contributed by atoms with van der Waals surface area (Å²) in [7, 11) is 0. The zero-order valence-corrected chi connectivity index (χ0v) is 17.4. The average molecular weight is 389 g/mol. The van der Waals surface area contributed by atoms with E-state index in [9.17, 15) is 5.11 Å². The van der Waals surface area contributed by atoms with Gasteiger partial charge in [-0.25, -0.2) is 4.99 Å². The molecule has 1 aliphatic heterocycles. The van der Waals surface area contributed by atoms with Crippen LogP contribution in [0.1, 0.15) is 50.7 Å². The minimum absolute atomic E-state index is 0.130. The van der Waals surface area contributed by atoms with Crippen LogP contribution in [-0.2, 0) is 17.8 Å². The van der Waals surface area contributed by atoms with Crippen LogP contribution in [0.15, 0.2) is 29.3 Å². The van der Waals surface area contributed by atoms with E-state index in [1.54, 1.807) is 0 Å². The van der Waals surface area contributed by atoms with E-state index in [1.807, 2.05) is 0 Å². The Bertz CT molecular complexity index is 629. The number of nitrogens with zero attached hydrogens (tertiary/aromatic N) is 2. The van der Waals surface area contributed by atoms with Crippen LogP contribution >= 0.6 is 0 Å². The highest BCUT2D eigenvalue weighted by atomic mass is 16.5. The van der Waals surface area contributed by atoms with E-state index in [-0.39, 0.29) is 6.10 Å². The van der Waals surface area contributed by atoms with Gasteiger partial charge in [-0.2, -0.15) is 0 Å². The lowest BCUT2D eigenvalue weighted by Crippen LogP contribution is -2.45. The van der Waals surface area contributed by atoms with Crippen LogP contribution in [0.3, 0.4) is 0 Å². The van der Waals surface area contributed by atoms with E-state index in [0.29, 0.717) is 18.7 Å². The number of hydrogen-bond acceptors (Lipinski definition) is 4. The molecule has 1 heterocycles. The van der Waals surface area contributed by atoms with Gasteiger partial charge in [0, 0.05) is 32.2 Å². The van der Waals surface area contributed by atoms with Crippen molar-refractivity contribution in [2.24, 2.45) is 4.99 Å². The Balaban J connectivity index is 1.56. The fraction of sp³-hybridized carbons (Fsp3) is 0.682. The van der Waals surface area contributed by atoms with E-state index in [1.165, 1.54) is 11.1 Å². The van der Waals surface area contributed by atoms with Crippen molar-refractivity contribution in [2.45, 2.75) is 70.9 Å². The van der Waals surface area contributed by atoms with E-state index >= 15 is 0 Å². The largest absolute Gasteiger partial charge is 0.393 e. The summed E-state index contributed by atoms with van der Waals surface area (Å²) < 4.78 is 5.64. The molecule has 0 bridgehead atoms. The molecule has 0 amide bonds. The lowest BCUT2D eigenvalue weighted by Gasteiger charge is -2.31. The SMILES string of the molecule is CCNC(=NCc1cccc(CN2CCOC(C)C2)c1)NC1CCC(O)CC1. The van der Waals surface area contributed by atoms with Gasteiger partial charge in [-0.05, 0) is 50.7 Å². The molecular formula is C22H36N4O2. The van der Waals surface area contributed by atoms with Gasteiger partial charge in [-0.15, -0.1) is 0 Å². The number of aliphatic hydroxyl groups is 1.